The normalized spacial score (nSPS) is 10.9. The fourth-order valence-electron chi connectivity index (χ4n) is 1.93. The van der Waals surface area contributed by atoms with Gasteiger partial charge in [0, 0.05) is 5.56 Å². The van der Waals surface area contributed by atoms with Crippen LogP contribution < -0.4 is 0 Å². The molecule has 0 saturated carbocycles. The Morgan fingerprint density at radius 1 is 0.895 bits per heavy atom. The van der Waals surface area contributed by atoms with E-state index in [9.17, 15) is 8.78 Å². The van der Waals surface area contributed by atoms with Crippen LogP contribution in [-0.2, 0) is 0 Å². The molecule has 3 aromatic rings. The third-order valence-electron chi connectivity index (χ3n) is 2.76. The molecule has 0 bridgehead atoms. The van der Waals surface area contributed by atoms with Crippen molar-refractivity contribution in [1.82, 2.24) is 9.97 Å². The van der Waals surface area contributed by atoms with E-state index in [1.807, 2.05) is 0 Å². The molecule has 0 N–H and O–H groups in total. The molecule has 1 aromatic heterocycles. The van der Waals surface area contributed by atoms with Gasteiger partial charge in [-0.2, -0.15) is 0 Å². The van der Waals surface area contributed by atoms with E-state index in [1.165, 1.54) is 30.3 Å². The minimum absolute atomic E-state index is 0.0254. The fraction of sp³-hybridized carbons (Fsp3) is 0. The van der Waals surface area contributed by atoms with Crippen LogP contribution in [0.1, 0.15) is 0 Å². The van der Waals surface area contributed by atoms with E-state index in [2.05, 4.69) is 9.97 Å². The van der Waals surface area contributed by atoms with E-state index < -0.39 is 5.82 Å². The first-order valence-corrected chi connectivity index (χ1v) is 5.90. The fourth-order valence-corrected chi connectivity index (χ4v) is 2.11. The van der Waals surface area contributed by atoms with Gasteiger partial charge in [-0.1, -0.05) is 6.07 Å². The van der Waals surface area contributed by atoms with E-state index in [0.29, 0.717) is 16.8 Å². The SMILES string of the molecule is Fc1ccc(-c2nc(Cl)nc3cccc(F)c23)cc1. The second-order valence-electron chi connectivity index (χ2n) is 3.98. The highest BCUT2D eigenvalue weighted by molar-refractivity contribution is 6.28. The molecule has 0 fully saturated rings. The molecule has 2 aromatic carbocycles. The van der Waals surface area contributed by atoms with Crippen LogP contribution in [0.4, 0.5) is 8.78 Å². The Morgan fingerprint density at radius 3 is 2.37 bits per heavy atom. The number of benzene rings is 2. The Morgan fingerprint density at radius 2 is 1.63 bits per heavy atom. The second kappa shape index (κ2) is 4.55. The van der Waals surface area contributed by atoms with Crippen LogP contribution in [0.2, 0.25) is 5.28 Å². The van der Waals surface area contributed by atoms with Gasteiger partial charge < -0.3 is 0 Å². The zero-order chi connectivity index (χ0) is 13.4. The molecule has 0 unspecified atom stereocenters. The zero-order valence-corrected chi connectivity index (χ0v) is 10.3. The Labute approximate surface area is 112 Å². The van der Waals surface area contributed by atoms with Crippen LogP contribution in [0.25, 0.3) is 22.2 Å². The van der Waals surface area contributed by atoms with Crippen LogP contribution in [0.5, 0.6) is 0 Å². The molecular formula is C14H7ClF2N2. The lowest BCUT2D eigenvalue weighted by Gasteiger charge is -2.07. The Hall–Kier alpha value is -2.07. The van der Waals surface area contributed by atoms with Gasteiger partial charge in [-0.25, -0.2) is 18.7 Å². The van der Waals surface area contributed by atoms with Crippen LogP contribution in [0.15, 0.2) is 42.5 Å². The summed E-state index contributed by atoms with van der Waals surface area (Å²) in [5.74, 6) is -0.804. The Kier molecular flexibility index (Phi) is 2.87. The summed E-state index contributed by atoms with van der Waals surface area (Å²) in [4.78, 5) is 8.03. The molecule has 3 rings (SSSR count). The average molecular weight is 277 g/mol. The van der Waals surface area contributed by atoms with E-state index in [-0.39, 0.29) is 16.5 Å². The van der Waals surface area contributed by atoms with Crippen molar-refractivity contribution in [3.05, 3.63) is 59.4 Å². The van der Waals surface area contributed by atoms with E-state index in [4.69, 9.17) is 11.6 Å². The summed E-state index contributed by atoms with van der Waals surface area (Å²) < 4.78 is 26.9. The number of fused-ring (bicyclic) bond motifs is 1. The van der Waals surface area contributed by atoms with Crippen molar-refractivity contribution in [3.8, 4) is 11.3 Å². The van der Waals surface area contributed by atoms with Gasteiger partial charge in [-0.15, -0.1) is 0 Å². The molecule has 1 heterocycles. The van der Waals surface area contributed by atoms with Gasteiger partial charge in [0.25, 0.3) is 0 Å². The summed E-state index contributed by atoms with van der Waals surface area (Å²) in [6.45, 7) is 0. The molecule has 0 saturated heterocycles. The lowest BCUT2D eigenvalue weighted by molar-refractivity contribution is 0.628. The van der Waals surface area contributed by atoms with Gasteiger partial charge in [0.1, 0.15) is 11.6 Å². The first kappa shape index (κ1) is 12.0. The molecule has 0 aliphatic carbocycles. The van der Waals surface area contributed by atoms with Crippen molar-refractivity contribution in [3.63, 3.8) is 0 Å². The number of halogens is 3. The summed E-state index contributed by atoms with van der Waals surface area (Å²) in [5, 5.41) is 0.302. The Balaban J connectivity index is 2.36. The lowest BCUT2D eigenvalue weighted by atomic mass is 10.1. The maximum Gasteiger partial charge on any atom is 0.223 e. The summed E-state index contributed by atoms with van der Waals surface area (Å²) in [6, 6.07) is 10.2. The summed E-state index contributed by atoms with van der Waals surface area (Å²) in [7, 11) is 0. The van der Waals surface area contributed by atoms with Crippen molar-refractivity contribution < 1.29 is 8.78 Å². The van der Waals surface area contributed by atoms with Crippen molar-refractivity contribution >= 4 is 22.5 Å². The van der Waals surface area contributed by atoms with Crippen LogP contribution >= 0.6 is 11.6 Å². The maximum absolute atomic E-state index is 13.9. The van der Waals surface area contributed by atoms with Crippen LogP contribution in [-0.4, -0.2) is 9.97 Å². The molecular weight excluding hydrogens is 270 g/mol. The first-order valence-electron chi connectivity index (χ1n) is 5.53. The maximum atomic E-state index is 13.9. The predicted octanol–water partition coefficient (Wildman–Crippen LogP) is 4.23. The summed E-state index contributed by atoms with van der Waals surface area (Å²) in [5.41, 5.74) is 1.35. The number of hydrogen-bond donors (Lipinski definition) is 0. The zero-order valence-electron chi connectivity index (χ0n) is 9.57. The molecule has 0 aliphatic heterocycles. The van der Waals surface area contributed by atoms with Gasteiger partial charge in [0.15, 0.2) is 0 Å². The van der Waals surface area contributed by atoms with Gasteiger partial charge in [0.2, 0.25) is 5.28 Å². The average Bonchev–Trinajstić information content (AvgIpc) is 2.38. The molecule has 0 amide bonds. The van der Waals surface area contributed by atoms with Gasteiger partial charge in [0.05, 0.1) is 16.6 Å². The topological polar surface area (TPSA) is 25.8 Å². The lowest BCUT2D eigenvalue weighted by Crippen LogP contribution is -1.93. The smallest absolute Gasteiger partial charge is 0.218 e. The largest absolute Gasteiger partial charge is 0.223 e. The monoisotopic (exact) mass is 276 g/mol. The van der Waals surface area contributed by atoms with Crippen molar-refractivity contribution in [2.45, 2.75) is 0 Å². The first-order chi connectivity index (χ1) is 9.15. The molecule has 0 radical (unpaired) electrons. The van der Waals surface area contributed by atoms with E-state index >= 15 is 0 Å². The molecule has 94 valence electrons. The minimum Gasteiger partial charge on any atom is -0.218 e. The standard InChI is InChI=1S/C14H7ClF2N2/c15-14-18-11-3-1-2-10(17)12(11)13(19-14)8-4-6-9(16)7-5-8/h1-7H. The molecule has 2 nitrogen and oxygen atoms in total. The predicted molar refractivity (Wildman–Crippen MR) is 69.9 cm³/mol. The molecule has 19 heavy (non-hydrogen) atoms. The van der Waals surface area contributed by atoms with Crippen LogP contribution in [0, 0.1) is 11.6 Å². The quantitative estimate of drug-likeness (QED) is 0.622. The minimum atomic E-state index is -0.437. The molecule has 0 spiro atoms. The number of aromatic nitrogens is 2. The van der Waals surface area contributed by atoms with Gasteiger partial charge in [-0.05, 0) is 48.0 Å². The second-order valence-corrected chi connectivity index (χ2v) is 4.32. The number of hydrogen-bond acceptors (Lipinski definition) is 2. The van der Waals surface area contributed by atoms with E-state index in [0.717, 1.165) is 0 Å². The van der Waals surface area contributed by atoms with Crippen molar-refractivity contribution in [2.75, 3.05) is 0 Å². The third-order valence-corrected chi connectivity index (χ3v) is 2.93. The molecule has 5 heteroatoms. The highest BCUT2D eigenvalue weighted by Gasteiger charge is 2.12. The summed E-state index contributed by atoms with van der Waals surface area (Å²) in [6.07, 6.45) is 0. The van der Waals surface area contributed by atoms with Crippen molar-refractivity contribution in [2.24, 2.45) is 0 Å². The van der Waals surface area contributed by atoms with E-state index in [1.54, 1.807) is 12.1 Å². The summed E-state index contributed by atoms with van der Waals surface area (Å²) >= 11 is 5.84. The van der Waals surface area contributed by atoms with Gasteiger partial charge >= 0.3 is 0 Å². The van der Waals surface area contributed by atoms with Crippen molar-refractivity contribution in [1.29, 1.82) is 0 Å². The number of rotatable bonds is 1. The highest BCUT2D eigenvalue weighted by Crippen LogP contribution is 2.29. The van der Waals surface area contributed by atoms with Crippen LogP contribution in [0.3, 0.4) is 0 Å². The molecule has 0 aliphatic rings. The Bertz CT molecular complexity index is 757. The third kappa shape index (κ3) is 2.15. The highest BCUT2D eigenvalue weighted by atomic mass is 35.5. The van der Waals surface area contributed by atoms with Gasteiger partial charge in [-0.3, -0.25) is 0 Å². The molecule has 0 atom stereocenters. The number of nitrogens with zero attached hydrogens (tertiary/aromatic N) is 2.